The van der Waals surface area contributed by atoms with Crippen molar-refractivity contribution in [2.24, 2.45) is 0 Å². The molecule has 1 aliphatic rings. The maximum Gasteiger partial charge on any atom is 0.255 e. The van der Waals surface area contributed by atoms with Crippen molar-refractivity contribution in [2.75, 3.05) is 12.1 Å². The summed E-state index contributed by atoms with van der Waals surface area (Å²) >= 11 is 0. The second-order valence-corrected chi connectivity index (χ2v) is 6.73. The smallest absolute Gasteiger partial charge is 0.255 e. The third-order valence-electron chi connectivity index (χ3n) is 4.54. The molecule has 1 N–H and O–H groups in total. The van der Waals surface area contributed by atoms with Crippen molar-refractivity contribution in [3.63, 3.8) is 0 Å². The first-order chi connectivity index (χ1) is 15.1. The topological polar surface area (TPSA) is 100 Å². The maximum absolute atomic E-state index is 12.5. The number of nitrogens with zero attached hydrogens (tertiary/aromatic N) is 4. The van der Waals surface area contributed by atoms with Crippen LogP contribution in [0.2, 0.25) is 0 Å². The van der Waals surface area contributed by atoms with Crippen molar-refractivity contribution in [3.05, 3.63) is 78.6 Å². The average molecular weight is 415 g/mol. The van der Waals surface area contributed by atoms with Gasteiger partial charge in [-0.25, -0.2) is 9.97 Å². The summed E-state index contributed by atoms with van der Waals surface area (Å²) < 4.78 is 18.2. The highest BCUT2D eigenvalue weighted by Crippen LogP contribution is 2.32. The number of carbonyl (C=O) groups is 1. The fraction of sp³-hybridized carbons (Fsp3) is 0.0909. The van der Waals surface area contributed by atoms with Gasteiger partial charge in [0.25, 0.3) is 5.91 Å². The second kappa shape index (κ2) is 7.79. The van der Waals surface area contributed by atoms with Crippen molar-refractivity contribution in [3.8, 4) is 28.9 Å². The molecule has 2 aromatic carbocycles. The number of aryl methyl sites for hydroxylation is 1. The lowest BCUT2D eigenvalue weighted by molar-refractivity contribution is 0.102. The molecule has 0 aliphatic carbocycles. The fourth-order valence-electron chi connectivity index (χ4n) is 3.07. The number of rotatable bonds is 5. The van der Waals surface area contributed by atoms with Gasteiger partial charge < -0.3 is 19.5 Å². The van der Waals surface area contributed by atoms with Gasteiger partial charge >= 0.3 is 0 Å². The number of amides is 1. The largest absolute Gasteiger partial charge is 0.454 e. The maximum atomic E-state index is 12.5. The Morgan fingerprint density at radius 1 is 1.06 bits per heavy atom. The number of carbonyl (C=O) groups excluding carboxylic acids is 1. The van der Waals surface area contributed by atoms with E-state index in [1.54, 1.807) is 78.7 Å². The van der Waals surface area contributed by atoms with Crippen LogP contribution >= 0.6 is 0 Å². The minimum Gasteiger partial charge on any atom is -0.454 e. The van der Waals surface area contributed by atoms with Crippen molar-refractivity contribution in [1.82, 2.24) is 19.5 Å². The zero-order valence-electron chi connectivity index (χ0n) is 16.5. The molecule has 0 fully saturated rings. The van der Waals surface area contributed by atoms with Gasteiger partial charge in [-0.1, -0.05) is 0 Å². The molecule has 154 valence electrons. The van der Waals surface area contributed by atoms with Crippen molar-refractivity contribution < 1.29 is 19.0 Å². The van der Waals surface area contributed by atoms with Gasteiger partial charge in [0.15, 0.2) is 11.5 Å². The lowest BCUT2D eigenvalue weighted by Crippen LogP contribution is -2.11. The Kier molecular flexibility index (Phi) is 4.68. The van der Waals surface area contributed by atoms with E-state index in [9.17, 15) is 4.79 Å². The summed E-state index contributed by atoms with van der Waals surface area (Å²) in [6.07, 6.45) is 5.13. The molecule has 4 aromatic rings. The number of anilines is 1. The Morgan fingerprint density at radius 2 is 1.90 bits per heavy atom. The van der Waals surface area contributed by atoms with E-state index in [0.717, 1.165) is 0 Å². The first kappa shape index (κ1) is 18.6. The number of fused-ring (bicyclic) bond motifs is 1. The highest BCUT2D eigenvalue weighted by molar-refractivity contribution is 6.04. The van der Waals surface area contributed by atoms with Crippen LogP contribution in [0.5, 0.6) is 23.1 Å². The van der Waals surface area contributed by atoms with E-state index in [2.05, 4.69) is 20.3 Å². The summed E-state index contributed by atoms with van der Waals surface area (Å²) in [6, 6.07) is 13.8. The molecule has 9 heteroatoms. The molecule has 1 aliphatic heterocycles. The normalized spacial score (nSPS) is 11.9. The van der Waals surface area contributed by atoms with Gasteiger partial charge in [0, 0.05) is 29.7 Å². The molecule has 0 spiro atoms. The number of benzene rings is 2. The number of nitrogens with one attached hydrogen (secondary N) is 1. The number of hydrogen-bond acceptors (Lipinski definition) is 7. The third-order valence-corrected chi connectivity index (χ3v) is 4.54. The number of hydrogen-bond donors (Lipinski definition) is 1. The highest BCUT2D eigenvalue weighted by Gasteiger charge is 2.16. The molecule has 0 saturated carbocycles. The predicted octanol–water partition coefficient (Wildman–Crippen LogP) is 3.74. The Hall–Kier alpha value is -4.40. The molecule has 3 heterocycles. The Morgan fingerprint density at radius 3 is 2.71 bits per heavy atom. The fourth-order valence-corrected chi connectivity index (χ4v) is 3.07. The van der Waals surface area contributed by atoms with Gasteiger partial charge in [-0.15, -0.1) is 0 Å². The molecule has 0 atom stereocenters. The Labute approximate surface area is 177 Å². The number of aromatic nitrogens is 4. The summed E-state index contributed by atoms with van der Waals surface area (Å²) in [5, 5.41) is 2.85. The third kappa shape index (κ3) is 4.01. The van der Waals surface area contributed by atoms with E-state index in [1.165, 1.54) is 0 Å². The van der Waals surface area contributed by atoms with Crippen LogP contribution in [0.1, 0.15) is 16.2 Å². The van der Waals surface area contributed by atoms with Crippen molar-refractivity contribution in [2.45, 2.75) is 6.92 Å². The van der Waals surface area contributed by atoms with Crippen LogP contribution < -0.4 is 19.5 Å². The lowest BCUT2D eigenvalue weighted by Gasteiger charge is -2.10. The van der Waals surface area contributed by atoms with E-state index >= 15 is 0 Å². The molecule has 5 rings (SSSR count). The summed E-state index contributed by atoms with van der Waals surface area (Å²) in [6.45, 7) is 1.96. The monoisotopic (exact) mass is 415 g/mol. The summed E-state index contributed by atoms with van der Waals surface area (Å²) in [4.78, 5) is 25.2. The number of ether oxygens (including phenoxy) is 3. The quantitative estimate of drug-likeness (QED) is 0.530. The van der Waals surface area contributed by atoms with Crippen LogP contribution in [0.3, 0.4) is 0 Å². The second-order valence-electron chi connectivity index (χ2n) is 6.73. The molecular weight excluding hydrogens is 398 g/mol. The van der Waals surface area contributed by atoms with Gasteiger partial charge in [-0.3, -0.25) is 9.36 Å². The van der Waals surface area contributed by atoms with Gasteiger partial charge in [-0.2, -0.15) is 4.98 Å². The molecule has 0 unspecified atom stereocenters. The van der Waals surface area contributed by atoms with Crippen LogP contribution in [-0.4, -0.2) is 32.2 Å². The van der Waals surface area contributed by atoms with E-state index in [0.29, 0.717) is 46.0 Å². The molecule has 0 radical (unpaired) electrons. The molecular formula is C22H17N5O4. The summed E-state index contributed by atoms with van der Waals surface area (Å²) in [7, 11) is 0. The van der Waals surface area contributed by atoms with Gasteiger partial charge in [-0.05, 0) is 49.4 Å². The molecule has 2 aromatic heterocycles. The van der Waals surface area contributed by atoms with Crippen molar-refractivity contribution >= 4 is 11.6 Å². The SMILES string of the molecule is Cc1nc(Oc2ccc(NC(=O)c3ccc4c(c3)OCO4)cc2)cc(-n2ccnc2)n1. The van der Waals surface area contributed by atoms with Crippen molar-refractivity contribution in [1.29, 1.82) is 0 Å². The van der Waals surface area contributed by atoms with Crippen LogP contribution in [-0.2, 0) is 0 Å². The molecule has 9 nitrogen and oxygen atoms in total. The Balaban J connectivity index is 1.28. The zero-order valence-corrected chi connectivity index (χ0v) is 16.5. The van der Waals surface area contributed by atoms with Crippen LogP contribution in [0.25, 0.3) is 5.82 Å². The zero-order chi connectivity index (χ0) is 21.2. The van der Waals surface area contributed by atoms with Crippen LogP contribution in [0.4, 0.5) is 5.69 Å². The Bertz CT molecular complexity index is 1240. The summed E-state index contributed by atoms with van der Waals surface area (Å²) in [5.74, 6) is 3.18. The molecule has 1 amide bonds. The predicted molar refractivity (Wildman–Crippen MR) is 111 cm³/mol. The summed E-state index contributed by atoms with van der Waals surface area (Å²) in [5.41, 5.74) is 1.11. The molecule has 0 saturated heterocycles. The first-order valence-corrected chi connectivity index (χ1v) is 9.47. The van der Waals surface area contributed by atoms with Crippen LogP contribution in [0, 0.1) is 6.92 Å². The minimum absolute atomic E-state index is 0.164. The standard InChI is InChI=1S/C22H17N5O4/c1-14-24-20(27-9-8-23-12-27)11-21(25-14)31-17-5-3-16(4-6-17)26-22(28)15-2-7-18-19(10-15)30-13-29-18/h2-12H,13H2,1H3,(H,26,28). The van der Waals surface area contributed by atoms with E-state index in [4.69, 9.17) is 14.2 Å². The van der Waals surface area contributed by atoms with E-state index < -0.39 is 0 Å². The highest BCUT2D eigenvalue weighted by atomic mass is 16.7. The van der Waals surface area contributed by atoms with Gasteiger partial charge in [0.2, 0.25) is 12.7 Å². The first-order valence-electron chi connectivity index (χ1n) is 9.47. The van der Waals surface area contributed by atoms with Gasteiger partial charge in [0.1, 0.15) is 23.7 Å². The van der Waals surface area contributed by atoms with E-state index in [1.807, 2.05) is 0 Å². The van der Waals surface area contributed by atoms with E-state index in [-0.39, 0.29) is 12.7 Å². The van der Waals surface area contributed by atoms with Crippen LogP contribution in [0.15, 0.2) is 67.3 Å². The lowest BCUT2D eigenvalue weighted by atomic mass is 10.2. The minimum atomic E-state index is -0.247. The van der Waals surface area contributed by atoms with Gasteiger partial charge in [0.05, 0.1) is 0 Å². The molecule has 0 bridgehead atoms. The average Bonchev–Trinajstić information content (AvgIpc) is 3.46. The number of imidazole rings is 1. The molecule has 31 heavy (non-hydrogen) atoms.